The number of nitrogens with zero attached hydrogens (tertiary/aromatic N) is 1. The average molecular weight is 313 g/mol. The predicted octanol–water partition coefficient (Wildman–Crippen LogP) is 3.34. The number of thiocarbonyl (C=S) groups is 1. The van der Waals surface area contributed by atoms with Crippen molar-refractivity contribution in [1.29, 1.82) is 0 Å². The number of unbranched alkanes of at least 4 members (excludes halogenated alkanes) is 1. The standard InChI is InChI=1S/C14H19NO3S2/c1-2-3-4-5-6-8-11-13(18)15(14(19)20-11)10-7-9-12(16)17/h3-4,8H,2,5-7,9-10H2,1H3,(H,16,17)/b4-3+,11-8-. The Morgan fingerprint density at radius 3 is 2.80 bits per heavy atom. The lowest BCUT2D eigenvalue weighted by molar-refractivity contribution is -0.137. The van der Waals surface area contributed by atoms with Gasteiger partial charge in [0.1, 0.15) is 4.32 Å². The fourth-order valence-corrected chi connectivity index (χ4v) is 3.03. The van der Waals surface area contributed by atoms with E-state index in [1.807, 2.05) is 6.08 Å². The molecule has 0 aromatic heterocycles. The lowest BCUT2D eigenvalue weighted by Gasteiger charge is -2.13. The molecule has 1 heterocycles. The molecule has 0 radical (unpaired) electrons. The fraction of sp³-hybridized carbons (Fsp3) is 0.500. The topological polar surface area (TPSA) is 57.6 Å². The number of hydrogen-bond donors (Lipinski definition) is 1. The van der Waals surface area contributed by atoms with Crippen LogP contribution in [0, 0.1) is 0 Å². The van der Waals surface area contributed by atoms with Crippen LogP contribution in [-0.4, -0.2) is 32.7 Å². The second-order valence-electron chi connectivity index (χ2n) is 4.35. The molecule has 20 heavy (non-hydrogen) atoms. The van der Waals surface area contributed by atoms with E-state index in [9.17, 15) is 9.59 Å². The first-order valence-corrected chi connectivity index (χ1v) is 7.89. The van der Waals surface area contributed by atoms with Crippen molar-refractivity contribution in [1.82, 2.24) is 4.90 Å². The summed E-state index contributed by atoms with van der Waals surface area (Å²) in [4.78, 5) is 24.7. The Kier molecular flexibility index (Phi) is 7.54. The van der Waals surface area contributed by atoms with Gasteiger partial charge in [0.2, 0.25) is 0 Å². The van der Waals surface area contributed by atoms with Crippen LogP contribution >= 0.6 is 24.0 Å². The van der Waals surface area contributed by atoms with Gasteiger partial charge in [-0.2, -0.15) is 0 Å². The Labute approximate surface area is 128 Å². The third-order valence-electron chi connectivity index (χ3n) is 2.71. The Bertz CT molecular complexity index is 444. The molecule has 6 heteroatoms. The first kappa shape index (κ1) is 16.9. The van der Waals surface area contributed by atoms with Gasteiger partial charge >= 0.3 is 5.97 Å². The monoisotopic (exact) mass is 313 g/mol. The molecule has 0 atom stereocenters. The van der Waals surface area contributed by atoms with Gasteiger partial charge in [-0.3, -0.25) is 14.5 Å². The Balaban J connectivity index is 2.46. The van der Waals surface area contributed by atoms with Gasteiger partial charge in [-0.05, 0) is 25.7 Å². The SMILES string of the molecule is CC/C=C/CC/C=C1\SC(=S)N(CCCC(=O)O)C1=O. The molecule has 0 unspecified atom stereocenters. The predicted molar refractivity (Wildman–Crippen MR) is 85.5 cm³/mol. The van der Waals surface area contributed by atoms with Crippen LogP contribution in [0.25, 0.3) is 0 Å². The van der Waals surface area contributed by atoms with Crippen LogP contribution in [0.4, 0.5) is 0 Å². The van der Waals surface area contributed by atoms with E-state index >= 15 is 0 Å². The Morgan fingerprint density at radius 2 is 2.15 bits per heavy atom. The summed E-state index contributed by atoms with van der Waals surface area (Å²) in [6.45, 7) is 2.46. The number of carbonyl (C=O) groups excluding carboxylic acids is 1. The summed E-state index contributed by atoms with van der Waals surface area (Å²) >= 11 is 6.46. The van der Waals surface area contributed by atoms with Gasteiger partial charge in [0.15, 0.2) is 0 Å². The minimum atomic E-state index is -0.853. The third-order valence-corrected chi connectivity index (χ3v) is 4.14. The maximum Gasteiger partial charge on any atom is 0.303 e. The highest BCUT2D eigenvalue weighted by Crippen LogP contribution is 2.31. The molecule has 0 spiro atoms. The molecule has 0 aromatic rings. The number of thioether (sulfide) groups is 1. The van der Waals surface area contributed by atoms with Crippen LogP contribution in [-0.2, 0) is 9.59 Å². The maximum absolute atomic E-state index is 12.1. The zero-order valence-electron chi connectivity index (χ0n) is 11.5. The van der Waals surface area contributed by atoms with E-state index in [1.165, 1.54) is 16.7 Å². The van der Waals surface area contributed by atoms with Gasteiger partial charge in [-0.15, -0.1) is 0 Å². The molecule has 0 bridgehead atoms. The van der Waals surface area contributed by atoms with E-state index in [1.54, 1.807) is 0 Å². The molecule has 1 rings (SSSR count). The first-order chi connectivity index (χ1) is 9.56. The summed E-state index contributed by atoms with van der Waals surface area (Å²) in [5.74, 6) is -0.946. The number of aliphatic carboxylic acids is 1. The minimum absolute atomic E-state index is 0.0535. The lowest BCUT2D eigenvalue weighted by atomic mass is 10.2. The summed E-state index contributed by atoms with van der Waals surface area (Å²) in [5, 5.41) is 8.60. The number of rotatable bonds is 8. The van der Waals surface area contributed by atoms with Crippen molar-refractivity contribution in [3.63, 3.8) is 0 Å². The van der Waals surface area contributed by atoms with Crippen LogP contribution in [0.15, 0.2) is 23.1 Å². The molecule has 0 aliphatic carbocycles. The largest absolute Gasteiger partial charge is 0.481 e. The molecule has 0 aromatic carbocycles. The van der Waals surface area contributed by atoms with Crippen LogP contribution in [0.2, 0.25) is 0 Å². The first-order valence-electron chi connectivity index (χ1n) is 6.67. The van der Waals surface area contributed by atoms with Crippen molar-refractivity contribution in [2.24, 2.45) is 0 Å². The van der Waals surface area contributed by atoms with Crippen molar-refractivity contribution >= 4 is 40.2 Å². The van der Waals surface area contributed by atoms with Crippen molar-refractivity contribution in [3.8, 4) is 0 Å². The van der Waals surface area contributed by atoms with Crippen molar-refractivity contribution < 1.29 is 14.7 Å². The zero-order valence-corrected chi connectivity index (χ0v) is 13.1. The van der Waals surface area contributed by atoms with Gasteiger partial charge in [0.05, 0.1) is 4.91 Å². The normalized spacial score (nSPS) is 17.6. The average Bonchev–Trinajstić information content (AvgIpc) is 2.65. The Morgan fingerprint density at radius 1 is 1.40 bits per heavy atom. The van der Waals surface area contributed by atoms with E-state index in [0.29, 0.717) is 22.2 Å². The van der Waals surface area contributed by atoms with Gasteiger partial charge in [-0.1, -0.05) is 49.1 Å². The van der Waals surface area contributed by atoms with E-state index in [0.717, 1.165) is 19.3 Å². The number of carboxylic acid groups (broad SMARTS) is 1. The molecule has 1 saturated heterocycles. The van der Waals surface area contributed by atoms with Gasteiger partial charge in [0.25, 0.3) is 5.91 Å². The molecule has 1 aliphatic rings. The molecular formula is C14H19NO3S2. The highest BCUT2D eigenvalue weighted by molar-refractivity contribution is 8.26. The van der Waals surface area contributed by atoms with Crippen molar-refractivity contribution in [3.05, 3.63) is 23.1 Å². The summed E-state index contributed by atoms with van der Waals surface area (Å²) in [7, 11) is 0. The molecule has 4 nitrogen and oxygen atoms in total. The summed E-state index contributed by atoms with van der Waals surface area (Å²) < 4.78 is 0.524. The van der Waals surface area contributed by atoms with E-state index < -0.39 is 5.97 Å². The highest BCUT2D eigenvalue weighted by Gasteiger charge is 2.31. The van der Waals surface area contributed by atoms with Gasteiger partial charge < -0.3 is 5.11 Å². The van der Waals surface area contributed by atoms with Crippen molar-refractivity contribution in [2.75, 3.05) is 6.54 Å². The van der Waals surface area contributed by atoms with E-state index in [4.69, 9.17) is 17.3 Å². The highest BCUT2D eigenvalue weighted by atomic mass is 32.2. The smallest absolute Gasteiger partial charge is 0.303 e. The third kappa shape index (κ3) is 5.46. The summed E-state index contributed by atoms with van der Waals surface area (Å²) in [6, 6.07) is 0. The molecule has 1 aliphatic heterocycles. The van der Waals surface area contributed by atoms with Gasteiger partial charge in [0, 0.05) is 13.0 Å². The molecule has 1 fully saturated rings. The number of carbonyl (C=O) groups is 2. The molecule has 0 saturated carbocycles. The number of amides is 1. The second kappa shape index (κ2) is 8.92. The van der Waals surface area contributed by atoms with Gasteiger partial charge in [-0.25, -0.2) is 0 Å². The number of carboxylic acids is 1. The second-order valence-corrected chi connectivity index (χ2v) is 6.02. The fourth-order valence-electron chi connectivity index (χ4n) is 1.71. The minimum Gasteiger partial charge on any atom is -0.481 e. The molecule has 110 valence electrons. The number of allylic oxidation sites excluding steroid dienone is 3. The summed E-state index contributed by atoms with van der Waals surface area (Å²) in [5.41, 5.74) is 0. The lowest BCUT2D eigenvalue weighted by Crippen LogP contribution is -2.29. The molecular weight excluding hydrogens is 294 g/mol. The van der Waals surface area contributed by atoms with Crippen LogP contribution in [0.5, 0.6) is 0 Å². The number of hydrogen-bond acceptors (Lipinski definition) is 4. The zero-order chi connectivity index (χ0) is 15.0. The molecule has 1 amide bonds. The van der Waals surface area contributed by atoms with Crippen LogP contribution in [0.1, 0.15) is 39.0 Å². The van der Waals surface area contributed by atoms with Crippen LogP contribution < -0.4 is 0 Å². The maximum atomic E-state index is 12.1. The van der Waals surface area contributed by atoms with Crippen LogP contribution in [0.3, 0.4) is 0 Å². The van der Waals surface area contributed by atoms with Crippen molar-refractivity contribution in [2.45, 2.75) is 39.0 Å². The quantitative estimate of drug-likeness (QED) is 0.322. The van der Waals surface area contributed by atoms with E-state index in [2.05, 4.69) is 19.1 Å². The Hall–Kier alpha value is -1.14. The van der Waals surface area contributed by atoms with E-state index in [-0.39, 0.29) is 12.3 Å². The molecule has 1 N–H and O–H groups in total. The summed E-state index contributed by atoms with van der Waals surface area (Å²) in [6.07, 6.45) is 9.34.